The fourth-order valence-electron chi connectivity index (χ4n) is 4.85. The predicted molar refractivity (Wildman–Crippen MR) is 166 cm³/mol. The number of hydrogen-bond donors (Lipinski definition) is 1. The van der Waals surface area contributed by atoms with E-state index in [1.807, 2.05) is 0 Å². The van der Waals surface area contributed by atoms with E-state index in [0.717, 1.165) is 0 Å². The van der Waals surface area contributed by atoms with E-state index in [1.54, 1.807) is 77.8 Å². The van der Waals surface area contributed by atoms with Gasteiger partial charge in [0.25, 0.3) is 11.1 Å². The van der Waals surface area contributed by atoms with Gasteiger partial charge < -0.3 is 14.5 Å². The van der Waals surface area contributed by atoms with E-state index in [-0.39, 0.29) is 11.1 Å². The molecule has 2 atom stereocenters. The second-order valence-electron chi connectivity index (χ2n) is 9.86. The number of fused-ring (bicyclic) bond motifs is 2. The minimum absolute atomic E-state index is 0.271. The molecule has 2 N–H and O–H groups in total. The van der Waals surface area contributed by atoms with E-state index >= 15 is 0 Å². The summed E-state index contributed by atoms with van der Waals surface area (Å²) < 4.78 is 33.0. The molecule has 0 fully saturated rings. The maximum atomic E-state index is 13.6. The van der Waals surface area contributed by atoms with Gasteiger partial charge in [-0.3, -0.25) is 18.7 Å². The van der Waals surface area contributed by atoms with Crippen LogP contribution in [-0.2, 0) is 0 Å². The summed E-state index contributed by atoms with van der Waals surface area (Å²) in [5, 5.41) is 4.28. The first-order chi connectivity index (χ1) is 21.0. The largest absolute Gasteiger partial charge is 0.323 e. The highest BCUT2D eigenvalue weighted by atomic mass is 35.5. The van der Waals surface area contributed by atoms with E-state index in [1.165, 1.54) is 39.5 Å². The van der Waals surface area contributed by atoms with Crippen LogP contribution in [0.2, 0.25) is 10.0 Å². The van der Waals surface area contributed by atoms with Crippen molar-refractivity contribution in [2.45, 2.75) is 25.9 Å². The van der Waals surface area contributed by atoms with Crippen LogP contribution in [0.4, 0.5) is 8.78 Å². The maximum Gasteiger partial charge on any atom is 0.281 e. The van der Waals surface area contributed by atoms with Crippen LogP contribution in [0.25, 0.3) is 32.9 Å². The van der Waals surface area contributed by atoms with Crippen molar-refractivity contribution in [3.63, 3.8) is 0 Å². The lowest BCUT2D eigenvalue weighted by molar-refractivity contribution is 0.624. The number of aromatic nitrogens is 4. The number of hydrogen-bond acceptors (Lipinski definition) is 4. The second-order valence-corrected chi connectivity index (χ2v) is 10.7. The molecule has 0 saturated heterocycles. The van der Waals surface area contributed by atoms with Gasteiger partial charge in [0, 0.05) is 35.7 Å². The SMILES string of the molecule is CC(N)c1cn2ccc(Cl)c2c(=O)n1-c1cccc(F)c1.CC(N=[N+]=[N-])c1cn2ccc(Cl)c2c(=O)n1-c1cccc(F)c1. The second kappa shape index (κ2) is 12.4. The Morgan fingerprint density at radius 1 is 0.795 bits per heavy atom. The van der Waals surface area contributed by atoms with Crippen LogP contribution < -0.4 is 16.9 Å². The lowest BCUT2D eigenvalue weighted by atomic mass is 10.2. The topological polar surface area (TPSA) is 128 Å². The standard InChI is InChI=1S/C15H11ClFN5O.C15H13ClFN3O/c1-9(19-20-18)13-8-21-6-5-12(16)14(21)15(23)22(13)11-4-2-3-10(17)7-11;1-9(18)13-8-19-6-5-12(16)14(19)15(21)20(13)11-4-2-3-10(17)7-11/h2-9H,1H3;2-9H,18H2,1H3. The van der Waals surface area contributed by atoms with Gasteiger partial charge in [-0.05, 0) is 61.0 Å². The average molecular weight is 637 g/mol. The normalized spacial score (nSPS) is 12.4. The van der Waals surface area contributed by atoms with Crippen LogP contribution in [-0.4, -0.2) is 17.9 Å². The Kier molecular flexibility index (Phi) is 8.61. The molecule has 0 amide bonds. The molecule has 4 aromatic heterocycles. The molecule has 0 bridgehead atoms. The summed E-state index contributed by atoms with van der Waals surface area (Å²) >= 11 is 12.1. The molecule has 0 saturated carbocycles. The van der Waals surface area contributed by atoms with Gasteiger partial charge in [-0.2, -0.15) is 0 Å². The maximum absolute atomic E-state index is 13.6. The molecule has 4 heterocycles. The van der Waals surface area contributed by atoms with Crippen LogP contribution in [0.5, 0.6) is 0 Å². The molecule has 0 spiro atoms. The van der Waals surface area contributed by atoms with Crippen molar-refractivity contribution >= 4 is 34.2 Å². The Balaban J connectivity index is 0.000000175. The monoisotopic (exact) mass is 636 g/mol. The summed E-state index contributed by atoms with van der Waals surface area (Å²) in [7, 11) is 0. The van der Waals surface area contributed by atoms with Crippen molar-refractivity contribution in [1.82, 2.24) is 17.9 Å². The molecule has 0 radical (unpaired) electrons. The van der Waals surface area contributed by atoms with Crippen LogP contribution in [0.1, 0.15) is 37.3 Å². The molecule has 6 rings (SSSR count). The Morgan fingerprint density at radius 2 is 1.25 bits per heavy atom. The summed E-state index contributed by atoms with van der Waals surface area (Å²) in [5.41, 5.74) is 16.3. The van der Waals surface area contributed by atoms with Crippen LogP contribution >= 0.6 is 23.2 Å². The minimum Gasteiger partial charge on any atom is -0.323 e. The van der Waals surface area contributed by atoms with E-state index in [4.69, 9.17) is 34.5 Å². The summed E-state index contributed by atoms with van der Waals surface area (Å²) in [6.45, 7) is 3.42. The predicted octanol–water partition coefficient (Wildman–Crippen LogP) is 7.16. The van der Waals surface area contributed by atoms with Crippen LogP contribution in [0.15, 0.2) is 100 Å². The van der Waals surface area contributed by atoms with E-state index in [2.05, 4.69) is 10.0 Å². The third kappa shape index (κ3) is 5.71. The summed E-state index contributed by atoms with van der Waals surface area (Å²) in [4.78, 5) is 28.4. The van der Waals surface area contributed by atoms with Crippen molar-refractivity contribution in [3.05, 3.63) is 150 Å². The minimum atomic E-state index is -0.624. The highest BCUT2D eigenvalue weighted by Crippen LogP contribution is 2.24. The summed E-state index contributed by atoms with van der Waals surface area (Å²) in [5.74, 6) is -0.894. The van der Waals surface area contributed by atoms with E-state index < -0.39 is 29.3 Å². The highest BCUT2D eigenvalue weighted by Gasteiger charge is 2.18. The first-order valence-electron chi connectivity index (χ1n) is 13.2. The fourth-order valence-corrected chi connectivity index (χ4v) is 5.32. The molecule has 224 valence electrons. The average Bonchev–Trinajstić information content (AvgIpc) is 3.55. The summed E-state index contributed by atoms with van der Waals surface area (Å²) in [6.07, 6.45) is 6.72. The lowest BCUT2D eigenvalue weighted by Crippen LogP contribution is -2.27. The Labute approximate surface area is 258 Å². The zero-order chi connectivity index (χ0) is 31.7. The van der Waals surface area contributed by atoms with Crippen molar-refractivity contribution < 1.29 is 8.78 Å². The molecular weight excluding hydrogens is 613 g/mol. The van der Waals surface area contributed by atoms with Gasteiger partial charge in [0.2, 0.25) is 0 Å². The number of rotatable bonds is 5. The van der Waals surface area contributed by atoms with Crippen molar-refractivity contribution in [3.8, 4) is 11.4 Å². The lowest BCUT2D eigenvalue weighted by Gasteiger charge is -2.16. The quantitative estimate of drug-likeness (QED) is 0.122. The first kappa shape index (κ1) is 30.6. The molecule has 0 aliphatic heterocycles. The molecule has 44 heavy (non-hydrogen) atoms. The van der Waals surface area contributed by atoms with Crippen molar-refractivity contribution in [1.29, 1.82) is 0 Å². The molecule has 6 aromatic rings. The molecular formula is C30H24Cl2F2N8O2. The van der Waals surface area contributed by atoms with Gasteiger partial charge >= 0.3 is 0 Å². The molecule has 2 aromatic carbocycles. The number of benzene rings is 2. The number of azide groups is 1. The Bertz CT molecular complexity index is 2200. The van der Waals surface area contributed by atoms with E-state index in [0.29, 0.717) is 38.3 Å². The van der Waals surface area contributed by atoms with Gasteiger partial charge in [-0.15, -0.1) is 0 Å². The zero-order valence-corrected chi connectivity index (χ0v) is 24.8. The highest BCUT2D eigenvalue weighted by molar-refractivity contribution is 6.34. The van der Waals surface area contributed by atoms with Gasteiger partial charge in [0.15, 0.2) is 0 Å². The fraction of sp³-hybridized carbons (Fsp3) is 0.133. The molecule has 2 unspecified atom stereocenters. The number of halogens is 4. The molecule has 14 heteroatoms. The van der Waals surface area contributed by atoms with Gasteiger partial charge in [-0.25, -0.2) is 8.78 Å². The third-order valence-electron chi connectivity index (χ3n) is 6.85. The zero-order valence-electron chi connectivity index (χ0n) is 23.3. The third-order valence-corrected chi connectivity index (χ3v) is 7.46. The number of nitrogens with zero attached hydrogens (tertiary/aromatic N) is 7. The summed E-state index contributed by atoms with van der Waals surface area (Å²) in [6, 6.07) is 13.7. The van der Waals surface area contributed by atoms with Gasteiger partial charge in [0.1, 0.15) is 22.7 Å². The smallest absolute Gasteiger partial charge is 0.281 e. The van der Waals surface area contributed by atoms with Crippen LogP contribution in [0.3, 0.4) is 0 Å². The Morgan fingerprint density at radius 3 is 1.68 bits per heavy atom. The van der Waals surface area contributed by atoms with Crippen molar-refractivity contribution in [2.24, 2.45) is 10.8 Å². The van der Waals surface area contributed by atoms with Crippen molar-refractivity contribution in [2.75, 3.05) is 0 Å². The molecule has 0 aliphatic rings. The molecule has 10 nitrogen and oxygen atoms in total. The van der Waals surface area contributed by atoms with Crippen LogP contribution in [0, 0.1) is 11.6 Å². The van der Waals surface area contributed by atoms with Gasteiger partial charge in [0.05, 0.1) is 38.8 Å². The first-order valence-corrected chi connectivity index (χ1v) is 13.9. The number of nitrogens with two attached hydrogens (primary N) is 1. The molecule has 0 aliphatic carbocycles. The van der Waals surface area contributed by atoms with Gasteiger partial charge in [-0.1, -0.05) is 47.4 Å². The van der Waals surface area contributed by atoms with E-state index in [9.17, 15) is 18.4 Å². The Hall–Kier alpha value is -4.87.